The molecule has 0 spiro atoms. The van der Waals surface area contributed by atoms with Crippen molar-refractivity contribution in [3.63, 3.8) is 0 Å². The van der Waals surface area contributed by atoms with Gasteiger partial charge in [0.05, 0.1) is 19.0 Å². The van der Waals surface area contributed by atoms with E-state index in [2.05, 4.69) is 26.0 Å². The number of alkyl halides is 2. The third-order valence-electron chi connectivity index (χ3n) is 4.36. The zero-order chi connectivity index (χ0) is 23.8. The molecule has 3 amide bonds. The van der Waals surface area contributed by atoms with Gasteiger partial charge in [-0.05, 0) is 36.2 Å². The van der Waals surface area contributed by atoms with Gasteiger partial charge in [0.1, 0.15) is 0 Å². The highest BCUT2D eigenvalue weighted by atomic mass is 19.3. The molecule has 3 aromatic rings. The summed E-state index contributed by atoms with van der Waals surface area (Å²) in [6.07, 6.45) is 1.63. The highest BCUT2D eigenvalue weighted by molar-refractivity contribution is 5.95. The number of benzene rings is 2. The number of hydrazine groups is 1. The summed E-state index contributed by atoms with van der Waals surface area (Å²) in [6.45, 7) is -2.80. The zero-order valence-corrected chi connectivity index (χ0v) is 17.4. The number of nitrogens with one attached hydrogen (secondary N) is 3. The lowest BCUT2D eigenvalue weighted by Crippen LogP contribution is -2.47. The number of nitrogens with zero attached hydrogens (tertiary/aromatic N) is 2. The van der Waals surface area contributed by atoms with E-state index in [1.165, 1.54) is 30.1 Å². The number of ether oxygens (including phenoxy) is 2. The van der Waals surface area contributed by atoms with Crippen LogP contribution in [0.5, 0.6) is 17.2 Å². The van der Waals surface area contributed by atoms with Gasteiger partial charge in [0, 0.05) is 6.54 Å². The van der Waals surface area contributed by atoms with Crippen molar-refractivity contribution in [2.75, 3.05) is 13.7 Å². The van der Waals surface area contributed by atoms with E-state index in [9.17, 15) is 23.5 Å². The molecule has 0 aliphatic heterocycles. The molecule has 0 atom stereocenters. The Morgan fingerprint density at radius 3 is 2.58 bits per heavy atom. The maximum absolute atomic E-state index is 12.4. The van der Waals surface area contributed by atoms with Crippen LogP contribution in [-0.2, 0) is 6.42 Å². The minimum absolute atomic E-state index is 0.0948. The van der Waals surface area contributed by atoms with Crippen LogP contribution in [0.4, 0.5) is 13.6 Å². The molecule has 1 heterocycles. The molecule has 10 nitrogen and oxygen atoms in total. The smallest absolute Gasteiger partial charge is 0.387 e. The van der Waals surface area contributed by atoms with E-state index in [1.807, 2.05) is 6.07 Å². The maximum atomic E-state index is 12.4. The molecule has 0 radical (unpaired) electrons. The Labute approximate surface area is 187 Å². The summed E-state index contributed by atoms with van der Waals surface area (Å²) in [4.78, 5) is 24.1. The SMILES string of the molecule is COc1cc(CCNC(=O)NNC(=O)c2nn(-c3ccccc3)cc2O)ccc1OC(F)F. The molecule has 0 aliphatic rings. The van der Waals surface area contributed by atoms with Gasteiger partial charge < -0.3 is 19.9 Å². The van der Waals surface area contributed by atoms with Crippen molar-refractivity contribution < 1.29 is 33.0 Å². The van der Waals surface area contributed by atoms with Crippen molar-refractivity contribution in [1.29, 1.82) is 0 Å². The first-order valence-corrected chi connectivity index (χ1v) is 9.67. The van der Waals surface area contributed by atoms with Crippen LogP contribution in [0.15, 0.2) is 54.7 Å². The quantitative estimate of drug-likeness (QED) is 0.382. The second-order valence-electron chi connectivity index (χ2n) is 6.59. The Bertz CT molecular complexity index is 1110. The zero-order valence-electron chi connectivity index (χ0n) is 17.4. The van der Waals surface area contributed by atoms with Crippen molar-refractivity contribution in [1.82, 2.24) is 25.9 Å². The third kappa shape index (κ3) is 6.32. The second-order valence-corrected chi connectivity index (χ2v) is 6.59. The number of urea groups is 1. The topological polar surface area (TPSA) is 127 Å². The van der Waals surface area contributed by atoms with Crippen LogP contribution in [0.1, 0.15) is 16.1 Å². The van der Waals surface area contributed by atoms with Gasteiger partial charge in [0.2, 0.25) is 0 Å². The van der Waals surface area contributed by atoms with Crippen molar-refractivity contribution >= 4 is 11.9 Å². The van der Waals surface area contributed by atoms with Crippen LogP contribution in [0, 0.1) is 0 Å². The highest BCUT2D eigenvalue weighted by Crippen LogP contribution is 2.29. The van der Waals surface area contributed by atoms with Crippen molar-refractivity contribution in [2.45, 2.75) is 13.0 Å². The number of aromatic hydroxyl groups is 1. The Balaban J connectivity index is 1.47. The fourth-order valence-electron chi connectivity index (χ4n) is 2.84. The molecule has 12 heteroatoms. The van der Waals surface area contributed by atoms with E-state index < -0.39 is 18.5 Å². The van der Waals surface area contributed by atoms with E-state index in [0.29, 0.717) is 17.7 Å². The molecule has 0 aliphatic carbocycles. The lowest BCUT2D eigenvalue weighted by molar-refractivity contribution is -0.0512. The lowest BCUT2D eigenvalue weighted by atomic mass is 10.1. The van der Waals surface area contributed by atoms with Gasteiger partial charge >= 0.3 is 12.6 Å². The first-order valence-electron chi connectivity index (χ1n) is 9.67. The molecule has 0 bridgehead atoms. The van der Waals surface area contributed by atoms with Crippen LogP contribution < -0.4 is 25.6 Å². The first-order chi connectivity index (χ1) is 15.9. The number of halogens is 2. The van der Waals surface area contributed by atoms with Gasteiger partial charge in [0.25, 0.3) is 5.91 Å². The molecule has 33 heavy (non-hydrogen) atoms. The Morgan fingerprint density at radius 2 is 1.88 bits per heavy atom. The monoisotopic (exact) mass is 461 g/mol. The summed E-state index contributed by atoms with van der Waals surface area (Å²) >= 11 is 0. The molecule has 0 saturated heterocycles. The van der Waals surface area contributed by atoms with Gasteiger partial charge in [-0.3, -0.25) is 10.2 Å². The molecule has 0 fully saturated rings. The highest BCUT2D eigenvalue weighted by Gasteiger charge is 2.17. The van der Waals surface area contributed by atoms with Gasteiger partial charge in [0.15, 0.2) is 22.9 Å². The largest absolute Gasteiger partial charge is 0.504 e. The molecule has 4 N–H and O–H groups in total. The lowest BCUT2D eigenvalue weighted by Gasteiger charge is -2.12. The van der Waals surface area contributed by atoms with E-state index in [0.717, 1.165) is 0 Å². The van der Waals surface area contributed by atoms with Gasteiger partial charge in [-0.2, -0.15) is 13.9 Å². The number of carbonyl (C=O) groups is 2. The first kappa shape index (κ1) is 23.3. The summed E-state index contributed by atoms with van der Waals surface area (Å²) in [5, 5.41) is 16.5. The summed E-state index contributed by atoms with van der Waals surface area (Å²) in [7, 11) is 1.33. The molecule has 2 aromatic carbocycles. The van der Waals surface area contributed by atoms with Crippen LogP contribution in [0.2, 0.25) is 0 Å². The summed E-state index contributed by atoms with van der Waals surface area (Å²) in [5.41, 5.74) is 5.39. The van der Waals surface area contributed by atoms with Crippen molar-refractivity contribution in [3.05, 3.63) is 66.0 Å². The Morgan fingerprint density at radius 1 is 1.12 bits per heavy atom. The Hall–Kier alpha value is -4.35. The van der Waals surface area contributed by atoms with E-state index >= 15 is 0 Å². The number of para-hydroxylation sites is 1. The second kappa shape index (κ2) is 10.8. The van der Waals surface area contributed by atoms with Gasteiger partial charge in [-0.15, -0.1) is 0 Å². The van der Waals surface area contributed by atoms with Crippen molar-refractivity contribution in [3.8, 4) is 22.9 Å². The van der Waals surface area contributed by atoms with E-state index in [-0.39, 0.29) is 29.5 Å². The number of aromatic nitrogens is 2. The third-order valence-corrected chi connectivity index (χ3v) is 4.36. The van der Waals surface area contributed by atoms with E-state index in [4.69, 9.17) is 4.74 Å². The number of amides is 3. The summed E-state index contributed by atoms with van der Waals surface area (Å²) in [5.74, 6) is -1.12. The van der Waals surface area contributed by atoms with Crippen LogP contribution >= 0.6 is 0 Å². The summed E-state index contributed by atoms with van der Waals surface area (Å²) < 4.78 is 35.5. The molecule has 0 unspecified atom stereocenters. The molecule has 1 aromatic heterocycles. The molecular formula is C21H21F2N5O5. The predicted octanol–water partition coefficient (Wildman–Crippen LogP) is 2.37. The Kier molecular flexibility index (Phi) is 7.63. The predicted molar refractivity (Wildman–Crippen MR) is 113 cm³/mol. The van der Waals surface area contributed by atoms with Crippen LogP contribution in [0.25, 0.3) is 5.69 Å². The maximum Gasteiger partial charge on any atom is 0.387 e. The molecule has 3 rings (SSSR count). The fraction of sp³-hybridized carbons (Fsp3) is 0.190. The number of hydrogen-bond acceptors (Lipinski definition) is 6. The number of hydrogen-bond donors (Lipinski definition) is 4. The van der Waals surface area contributed by atoms with Crippen molar-refractivity contribution in [2.24, 2.45) is 0 Å². The normalized spacial score (nSPS) is 10.5. The summed E-state index contributed by atoms with van der Waals surface area (Å²) in [6, 6.07) is 12.6. The minimum atomic E-state index is -2.97. The molecule has 0 saturated carbocycles. The minimum Gasteiger partial charge on any atom is -0.504 e. The number of carbonyl (C=O) groups excluding carboxylic acids is 2. The number of rotatable bonds is 8. The molecular weight excluding hydrogens is 440 g/mol. The van der Waals surface area contributed by atoms with Gasteiger partial charge in [-0.25, -0.2) is 14.9 Å². The fourth-order valence-corrected chi connectivity index (χ4v) is 2.84. The van der Waals surface area contributed by atoms with Gasteiger partial charge in [-0.1, -0.05) is 24.3 Å². The standard InChI is InChI=1S/C21H21F2N5O5/c1-32-17-11-13(7-8-16(17)33-20(22)23)9-10-24-21(31)26-25-19(30)18-15(29)12-28(27-18)14-5-3-2-4-6-14/h2-8,11-12,20,29H,9-10H2,1H3,(H,25,30)(H2,24,26,31). The average molecular weight is 461 g/mol. The average Bonchev–Trinajstić information content (AvgIpc) is 3.20. The van der Waals surface area contributed by atoms with Crippen LogP contribution in [0.3, 0.4) is 0 Å². The van der Waals surface area contributed by atoms with Crippen LogP contribution in [-0.4, -0.2) is 47.1 Å². The number of methoxy groups -OCH3 is 1. The molecule has 174 valence electrons. The van der Waals surface area contributed by atoms with E-state index in [1.54, 1.807) is 30.3 Å².